The molecule has 4 aromatic rings. The van der Waals surface area contributed by atoms with Gasteiger partial charge in [-0.2, -0.15) is 0 Å². The number of benzene rings is 1. The van der Waals surface area contributed by atoms with E-state index in [0.717, 1.165) is 40.9 Å². The van der Waals surface area contributed by atoms with Crippen LogP contribution >= 0.6 is 22.6 Å². The Morgan fingerprint density at radius 1 is 1.07 bits per heavy atom. The predicted molar refractivity (Wildman–Crippen MR) is 118 cm³/mol. The van der Waals surface area contributed by atoms with Crippen LogP contribution in [0.15, 0.2) is 54.7 Å². The molecule has 3 heterocycles. The summed E-state index contributed by atoms with van der Waals surface area (Å²) in [5, 5.41) is 9.76. The molecule has 0 aliphatic rings. The van der Waals surface area contributed by atoms with Crippen LogP contribution < -0.4 is 5.73 Å². The van der Waals surface area contributed by atoms with Gasteiger partial charge in [-0.15, -0.1) is 10.2 Å². The topological polar surface area (TPSA) is 69.1 Å². The zero-order chi connectivity index (χ0) is 18.8. The molecule has 27 heavy (non-hydrogen) atoms. The Morgan fingerprint density at radius 3 is 2.78 bits per heavy atom. The number of para-hydroxylation sites is 1. The summed E-state index contributed by atoms with van der Waals surface area (Å²) in [5.74, 6) is 1.31. The number of hydrogen-bond donors (Lipinski definition) is 1. The molecule has 0 fully saturated rings. The second-order valence-electron chi connectivity index (χ2n) is 6.76. The Hall–Kier alpha value is -2.06. The van der Waals surface area contributed by atoms with Crippen LogP contribution in [0, 0.1) is 5.92 Å². The van der Waals surface area contributed by atoms with E-state index in [-0.39, 0.29) is 0 Å². The van der Waals surface area contributed by atoms with Gasteiger partial charge in [0, 0.05) is 22.1 Å². The van der Waals surface area contributed by atoms with Crippen molar-refractivity contribution in [3.8, 4) is 11.5 Å². The SMILES string of the molecule is CCC(Cc1cccc2ccc(-c3nnc4ccccn34)nc12)[C@H](I)CN. The molecule has 0 amide bonds. The normalized spacial score (nSPS) is 13.9. The molecule has 3 aromatic heterocycles. The summed E-state index contributed by atoms with van der Waals surface area (Å²) in [6.45, 7) is 2.94. The van der Waals surface area contributed by atoms with Crippen LogP contribution in [0.5, 0.6) is 0 Å². The molecular formula is C21H22IN5. The number of aromatic nitrogens is 4. The first kappa shape index (κ1) is 18.3. The molecule has 0 bridgehead atoms. The molecule has 2 N–H and O–H groups in total. The second-order valence-corrected chi connectivity index (χ2v) is 8.36. The number of rotatable bonds is 6. The summed E-state index contributed by atoms with van der Waals surface area (Å²) in [5.41, 5.74) is 9.89. The lowest BCUT2D eigenvalue weighted by molar-refractivity contribution is 0.502. The molecule has 4 rings (SSSR count). The third kappa shape index (κ3) is 3.55. The molecule has 0 aliphatic carbocycles. The van der Waals surface area contributed by atoms with Crippen molar-refractivity contribution in [3.05, 3.63) is 60.3 Å². The van der Waals surface area contributed by atoms with E-state index < -0.39 is 0 Å². The summed E-state index contributed by atoms with van der Waals surface area (Å²) in [7, 11) is 0. The largest absolute Gasteiger partial charge is 0.329 e. The first-order valence-corrected chi connectivity index (χ1v) is 10.5. The van der Waals surface area contributed by atoms with E-state index in [1.165, 1.54) is 5.56 Å². The number of halogens is 1. The van der Waals surface area contributed by atoms with Gasteiger partial charge in [-0.25, -0.2) is 4.98 Å². The Bertz CT molecular complexity index is 1070. The highest BCUT2D eigenvalue weighted by molar-refractivity contribution is 14.1. The van der Waals surface area contributed by atoms with Crippen molar-refractivity contribution in [1.82, 2.24) is 19.6 Å². The monoisotopic (exact) mass is 471 g/mol. The fourth-order valence-electron chi connectivity index (χ4n) is 3.52. The van der Waals surface area contributed by atoms with Crippen LogP contribution in [0.1, 0.15) is 18.9 Å². The van der Waals surface area contributed by atoms with E-state index in [2.05, 4.69) is 64.0 Å². The van der Waals surface area contributed by atoms with Gasteiger partial charge in [0.15, 0.2) is 11.5 Å². The number of fused-ring (bicyclic) bond motifs is 2. The molecule has 2 atom stereocenters. The van der Waals surface area contributed by atoms with Crippen molar-refractivity contribution < 1.29 is 0 Å². The highest BCUT2D eigenvalue weighted by Crippen LogP contribution is 2.27. The fraction of sp³-hybridized carbons (Fsp3) is 0.286. The zero-order valence-corrected chi connectivity index (χ0v) is 17.4. The third-order valence-corrected chi connectivity index (χ3v) is 6.62. The van der Waals surface area contributed by atoms with Crippen LogP contribution in [-0.4, -0.2) is 30.1 Å². The Morgan fingerprint density at radius 2 is 1.96 bits per heavy atom. The second kappa shape index (κ2) is 7.90. The van der Waals surface area contributed by atoms with Gasteiger partial charge in [0.2, 0.25) is 0 Å². The molecule has 0 radical (unpaired) electrons. The van der Waals surface area contributed by atoms with Crippen molar-refractivity contribution in [1.29, 1.82) is 0 Å². The first-order chi connectivity index (χ1) is 13.2. The predicted octanol–water partition coefficient (Wildman–Crippen LogP) is 4.28. The third-order valence-electron chi connectivity index (χ3n) is 5.09. The molecular weight excluding hydrogens is 449 g/mol. The molecule has 6 heteroatoms. The fourth-order valence-corrected chi connectivity index (χ4v) is 4.28. The van der Waals surface area contributed by atoms with E-state index in [1.54, 1.807) is 0 Å². The van der Waals surface area contributed by atoms with Gasteiger partial charge in [-0.1, -0.05) is 66.3 Å². The molecule has 0 spiro atoms. The maximum Gasteiger partial charge on any atom is 0.187 e. The minimum Gasteiger partial charge on any atom is -0.329 e. The Balaban J connectivity index is 1.79. The summed E-state index contributed by atoms with van der Waals surface area (Å²) in [6.07, 6.45) is 4.06. The summed E-state index contributed by atoms with van der Waals surface area (Å²) < 4.78 is 2.44. The van der Waals surface area contributed by atoms with Gasteiger partial charge in [-0.3, -0.25) is 4.40 Å². The average Bonchev–Trinajstić information content (AvgIpc) is 3.15. The first-order valence-electron chi connectivity index (χ1n) is 9.24. The lowest BCUT2D eigenvalue weighted by Crippen LogP contribution is -2.24. The molecule has 0 aliphatic heterocycles. The van der Waals surface area contributed by atoms with Gasteiger partial charge >= 0.3 is 0 Å². The lowest BCUT2D eigenvalue weighted by Gasteiger charge is -2.20. The minimum absolute atomic E-state index is 0.464. The van der Waals surface area contributed by atoms with Crippen LogP contribution in [0.2, 0.25) is 0 Å². The molecule has 1 unspecified atom stereocenters. The van der Waals surface area contributed by atoms with E-state index >= 15 is 0 Å². The van der Waals surface area contributed by atoms with Gasteiger partial charge in [0.25, 0.3) is 0 Å². The Kier molecular flexibility index (Phi) is 5.36. The van der Waals surface area contributed by atoms with Crippen LogP contribution in [0.3, 0.4) is 0 Å². The lowest BCUT2D eigenvalue weighted by atomic mass is 9.92. The van der Waals surface area contributed by atoms with Crippen molar-refractivity contribution in [2.75, 3.05) is 6.54 Å². The minimum atomic E-state index is 0.464. The van der Waals surface area contributed by atoms with Gasteiger partial charge in [-0.05, 0) is 36.1 Å². The standard InChI is InChI=1S/C21H22IN5/c1-2-14(17(22)13-23)12-16-7-5-6-15-9-10-18(24-20(15)16)21-26-25-19-8-3-4-11-27(19)21/h3-11,14,17H,2,12-13,23H2,1H3/t14?,17-/m1/s1. The zero-order valence-electron chi connectivity index (χ0n) is 15.2. The highest BCUT2D eigenvalue weighted by Gasteiger charge is 2.18. The molecule has 138 valence electrons. The Labute approximate surface area is 172 Å². The number of nitrogens with zero attached hydrogens (tertiary/aromatic N) is 4. The molecule has 1 aromatic carbocycles. The van der Waals surface area contributed by atoms with Crippen molar-refractivity contribution in [2.24, 2.45) is 11.7 Å². The van der Waals surface area contributed by atoms with Gasteiger partial charge in [0.1, 0.15) is 5.69 Å². The van der Waals surface area contributed by atoms with E-state index in [4.69, 9.17) is 10.7 Å². The number of pyridine rings is 2. The molecule has 5 nitrogen and oxygen atoms in total. The smallest absolute Gasteiger partial charge is 0.187 e. The average molecular weight is 471 g/mol. The summed E-state index contributed by atoms with van der Waals surface area (Å²) >= 11 is 2.48. The maximum atomic E-state index is 5.91. The van der Waals surface area contributed by atoms with Crippen molar-refractivity contribution >= 4 is 39.1 Å². The summed E-state index contributed by atoms with van der Waals surface area (Å²) in [6, 6.07) is 16.4. The van der Waals surface area contributed by atoms with Crippen LogP contribution in [0.25, 0.3) is 28.1 Å². The van der Waals surface area contributed by atoms with Crippen LogP contribution in [-0.2, 0) is 6.42 Å². The molecule has 0 saturated carbocycles. The van der Waals surface area contributed by atoms with E-state index in [9.17, 15) is 0 Å². The van der Waals surface area contributed by atoms with Crippen molar-refractivity contribution in [2.45, 2.75) is 23.7 Å². The van der Waals surface area contributed by atoms with Crippen molar-refractivity contribution in [3.63, 3.8) is 0 Å². The molecule has 0 saturated heterocycles. The number of nitrogens with two attached hydrogens (primary N) is 1. The van der Waals surface area contributed by atoms with E-state index in [0.29, 0.717) is 16.4 Å². The van der Waals surface area contributed by atoms with Crippen LogP contribution in [0.4, 0.5) is 0 Å². The van der Waals surface area contributed by atoms with Gasteiger partial charge in [0.05, 0.1) is 5.52 Å². The quantitative estimate of drug-likeness (QED) is 0.337. The highest BCUT2D eigenvalue weighted by atomic mass is 127. The number of alkyl halides is 1. The number of hydrogen-bond acceptors (Lipinski definition) is 4. The summed E-state index contributed by atoms with van der Waals surface area (Å²) in [4.78, 5) is 4.98. The van der Waals surface area contributed by atoms with E-state index in [1.807, 2.05) is 34.9 Å². The van der Waals surface area contributed by atoms with Gasteiger partial charge < -0.3 is 5.73 Å². The maximum absolute atomic E-state index is 5.91.